The van der Waals surface area contributed by atoms with Crippen LogP contribution in [-0.4, -0.2) is 32.8 Å². The molecule has 30 heavy (non-hydrogen) atoms. The van der Waals surface area contributed by atoms with Gasteiger partial charge in [0.1, 0.15) is 5.82 Å². The standard InChI is InChI=1S/C21H19FN6O2/c1-12-9-16-15(18(23)29)7-4-8-17(16)28(12)21-25-19(20(30-2)26-27-21)24-11-13-5-3-6-14(22)10-13/h3-10H,11H2,1-2H3,(H2,23,29)(H,24,25,27). The van der Waals surface area contributed by atoms with Gasteiger partial charge in [-0.1, -0.05) is 18.2 Å². The normalized spacial score (nSPS) is 10.9. The highest BCUT2D eigenvalue weighted by Crippen LogP contribution is 2.27. The van der Waals surface area contributed by atoms with Crippen LogP contribution in [0.3, 0.4) is 0 Å². The van der Waals surface area contributed by atoms with Crippen molar-refractivity contribution in [1.29, 1.82) is 0 Å². The topological polar surface area (TPSA) is 108 Å². The average molecular weight is 406 g/mol. The lowest BCUT2D eigenvalue weighted by Gasteiger charge is -2.12. The lowest BCUT2D eigenvalue weighted by molar-refractivity contribution is 0.100. The van der Waals surface area contributed by atoms with Crippen molar-refractivity contribution in [3.63, 3.8) is 0 Å². The molecule has 0 radical (unpaired) electrons. The van der Waals surface area contributed by atoms with Gasteiger partial charge in [0, 0.05) is 23.2 Å². The zero-order valence-electron chi connectivity index (χ0n) is 16.4. The highest BCUT2D eigenvalue weighted by molar-refractivity contribution is 6.06. The minimum absolute atomic E-state index is 0.210. The summed E-state index contributed by atoms with van der Waals surface area (Å²) in [4.78, 5) is 16.3. The predicted molar refractivity (Wildman–Crippen MR) is 110 cm³/mol. The number of amides is 1. The largest absolute Gasteiger partial charge is 0.477 e. The minimum atomic E-state index is -0.510. The van der Waals surface area contributed by atoms with E-state index in [4.69, 9.17) is 10.5 Å². The van der Waals surface area contributed by atoms with Crippen molar-refractivity contribution in [3.05, 3.63) is 71.2 Å². The fraction of sp³-hybridized carbons (Fsp3) is 0.143. The summed E-state index contributed by atoms with van der Waals surface area (Å²) in [6, 6.07) is 13.4. The number of carbonyl (C=O) groups excluding carboxylic acids is 1. The van der Waals surface area contributed by atoms with Gasteiger partial charge in [0.25, 0.3) is 11.8 Å². The number of halogens is 1. The maximum Gasteiger partial charge on any atom is 0.276 e. The number of benzene rings is 2. The third-order valence-electron chi connectivity index (χ3n) is 4.68. The molecule has 0 bridgehead atoms. The van der Waals surface area contributed by atoms with Gasteiger partial charge in [-0.2, -0.15) is 4.98 Å². The molecule has 0 saturated heterocycles. The molecule has 3 N–H and O–H groups in total. The number of nitrogens with two attached hydrogens (primary N) is 1. The monoisotopic (exact) mass is 406 g/mol. The summed E-state index contributed by atoms with van der Waals surface area (Å²) in [6.45, 7) is 2.20. The number of hydrogen-bond acceptors (Lipinski definition) is 6. The van der Waals surface area contributed by atoms with Crippen LogP contribution in [0.4, 0.5) is 10.2 Å². The first kappa shape index (κ1) is 19.3. The Hall–Kier alpha value is -4.01. The smallest absolute Gasteiger partial charge is 0.276 e. The van der Waals surface area contributed by atoms with Crippen molar-refractivity contribution in [3.8, 4) is 11.8 Å². The van der Waals surface area contributed by atoms with Gasteiger partial charge in [0.2, 0.25) is 5.91 Å². The highest BCUT2D eigenvalue weighted by atomic mass is 19.1. The van der Waals surface area contributed by atoms with Crippen LogP contribution in [-0.2, 0) is 6.54 Å². The summed E-state index contributed by atoms with van der Waals surface area (Å²) in [5.74, 6) is 0.0410. The molecular weight excluding hydrogens is 387 g/mol. The Morgan fingerprint density at radius 2 is 2.00 bits per heavy atom. The molecule has 0 aliphatic rings. The first-order chi connectivity index (χ1) is 14.5. The molecule has 2 aromatic carbocycles. The maximum absolute atomic E-state index is 13.4. The molecule has 0 fully saturated rings. The molecule has 0 saturated carbocycles. The Bertz CT molecular complexity index is 1250. The fourth-order valence-corrected chi connectivity index (χ4v) is 3.33. The fourth-order valence-electron chi connectivity index (χ4n) is 3.33. The second-order valence-electron chi connectivity index (χ2n) is 6.68. The van der Waals surface area contributed by atoms with Gasteiger partial charge in [0.05, 0.1) is 12.6 Å². The summed E-state index contributed by atoms with van der Waals surface area (Å²) in [5.41, 5.74) is 8.19. The first-order valence-corrected chi connectivity index (χ1v) is 9.16. The van der Waals surface area contributed by atoms with Crippen molar-refractivity contribution < 1.29 is 13.9 Å². The zero-order valence-corrected chi connectivity index (χ0v) is 16.4. The lowest BCUT2D eigenvalue weighted by Crippen LogP contribution is -2.12. The Balaban J connectivity index is 1.75. The predicted octanol–water partition coefficient (Wildman–Crippen LogP) is 2.98. The quantitative estimate of drug-likeness (QED) is 0.510. The summed E-state index contributed by atoms with van der Waals surface area (Å²) < 4.78 is 20.5. The molecule has 4 rings (SSSR count). The van der Waals surface area contributed by atoms with Gasteiger partial charge < -0.3 is 15.8 Å². The Morgan fingerprint density at radius 3 is 2.73 bits per heavy atom. The van der Waals surface area contributed by atoms with E-state index < -0.39 is 5.91 Å². The molecule has 1 amide bonds. The van der Waals surface area contributed by atoms with E-state index in [9.17, 15) is 9.18 Å². The molecule has 0 aliphatic carbocycles. The van der Waals surface area contributed by atoms with Crippen molar-refractivity contribution in [2.24, 2.45) is 5.73 Å². The molecule has 152 valence electrons. The van der Waals surface area contributed by atoms with Gasteiger partial charge in [-0.15, -0.1) is 10.2 Å². The number of rotatable bonds is 6. The Labute approximate surface area is 171 Å². The van der Waals surface area contributed by atoms with E-state index in [1.165, 1.54) is 19.2 Å². The summed E-state index contributed by atoms with van der Waals surface area (Å²) >= 11 is 0. The van der Waals surface area contributed by atoms with Crippen LogP contribution in [0.15, 0.2) is 48.5 Å². The third-order valence-corrected chi connectivity index (χ3v) is 4.68. The summed E-state index contributed by atoms with van der Waals surface area (Å²) in [5, 5.41) is 12.1. The van der Waals surface area contributed by atoms with E-state index in [1.54, 1.807) is 28.8 Å². The van der Waals surface area contributed by atoms with Crippen LogP contribution in [0.1, 0.15) is 21.6 Å². The molecule has 2 heterocycles. The maximum atomic E-state index is 13.4. The molecule has 0 spiro atoms. The number of ether oxygens (including phenoxy) is 1. The summed E-state index contributed by atoms with van der Waals surface area (Å²) in [7, 11) is 1.47. The first-order valence-electron chi connectivity index (χ1n) is 9.16. The molecule has 2 aromatic heterocycles. The van der Waals surface area contributed by atoms with Gasteiger partial charge in [0.15, 0.2) is 5.82 Å². The number of nitrogens with one attached hydrogen (secondary N) is 1. The number of anilines is 1. The van der Waals surface area contributed by atoms with Crippen LogP contribution in [0.2, 0.25) is 0 Å². The van der Waals surface area contributed by atoms with Gasteiger partial charge in [-0.3, -0.25) is 9.36 Å². The average Bonchev–Trinajstić information content (AvgIpc) is 3.07. The third kappa shape index (κ3) is 3.52. The number of primary amides is 1. The SMILES string of the molecule is COc1nnc(-n2c(C)cc3c(C(N)=O)cccc32)nc1NCc1cccc(F)c1. The highest BCUT2D eigenvalue weighted by Gasteiger charge is 2.17. The van der Waals surface area contributed by atoms with Crippen LogP contribution < -0.4 is 15.8 Å². The zero-order chi connectivity index (χ0) is 21.3. The number of fused-ring (bicyclic) bond motifs is 1. The van der Waals surface area contributed by atoms with Gasteiger partial charge >= 0.3 is 0 Å². The van der Waals surface area contributed by atoms with E-state index in [0.29, 0.717) is 29.3 Å². The molecule has 9 heteroatoms. The number of nitrogens with zero attached hydrogens (tertiary/aromatic N) is 4. The Morgan fingerprint density at radius 1 is 1.20 bits per heavy atom. The van der Waals surface area contributed by atoms with Crippen LogP contribution >= 0.6 is 0 Å². The second-order valence-corrected chi connectivity index (χ2v) is 6.68. The number of carbonyl (C=O) groups is 1. The van der Waals surface area contributed by atoms with Crippen molar-refractivity contribution in [2.75, 3.05) is 12.4 Å². The minimum Gasteiger partial charge on any atom is -0.477 e. The van der Waals surface area contributed by atoms with Crippen molar-refractivity contribution >= 4 is 22.6 Å². The van der Waals surface area contributed by atoms with Crippen molar-refractivity contribution in [1.82, 2.24) is 19.7 Å². The van der Waals surface area contributed by atoms with Crippen LogP contribution in [0.5, 0.6) is 5.88 Å². The molecule has 4 aromatic rings. The number of methoxy groups -OCH3 is 1. The molecule has 0 aliphatic heterocycles. The van der Waals surface area contributed by atoms with E-state index in [2.05, 4.69) is 20.5 Å². The van der Waals surface area contributed by atoms with E-state index in [-0.39, 0.29) is 11.7 Å². The van der Waals surface area contributed by atoms with Gasteiger partial charge in [-0.25, -0.2) is 4.39 Å². The molecule has 0 unspecified atom stereocenters. The second kappa shape index (κ2) is 7.78. The van der Waals surface area contributed by atoms with Gasteiger partial charge in [-0.05, 0) is 42.8 Å². The van der Waals surface area contributed by atoms with Crippen LogP contribution in [0, 0.1) is 12.7 Å². The summed E-state index contributed by atoms with van der Waals surface area (Å²) in [6.07, 6.45) is 0. The van der Waals surface area contributed by atoms with E-state index in [1.807, 2.05) is 19.1 Å². The van der Waals surface area contributed by atoms with Crippen molar-refractivity contribution in [2.45, 2.75) is 13.5 Å². The lowest BCUT2D eigenvalue weighted by atomic mass is 10.1. The number of hydrogen-bond donors (Lipinski definition) is 2. The number of aromatic nitrogens is 4. The molecule has 0 atom stereocenters. The van der Waals surface area contributed by atoms with Crippen LogP contribution in [0.25, 0.3) is 16.9 Å². The molecule has 8 nitrogen and oxygen atoms in total. The number of aryl methyl sites for hydroxylation is 1. The Kier molecular flexibility index (Phi) is 5.01. The van der Waals surface area contributed by atoms with E-state index in [0.717, 1.165) is 16.8 Å². The van der Waals surface area contributed by atoms with E-state index >= 15 is 0 Å². The molecular formula is C21H19FN6O2.